The van der Waals surface area contributed by atoms with Crippen molar-refractivity contribution in [2.75, 3.05) is 18.2 Å². The lowest BCUT2D eigenvalue weighted by atomic mass is 10.1. The van der Waals surface area contributed by atoms with Crippen molar-refractivity contribution in [3.63, 3.8) is 0 Å². The molecule has 0 aliphatic carbocycles. The molecule has 0 aromatic heterocycles. The molecule has 2 rings (SSSR count). The number of nitrogens with one attached hydrogen (secondary N) is 1. The van der Waals surface area contributed by atoms with Gasteiger partial charge in [0.1, 0.15) is 5.75 Å². The molecule has 2 aromatic carbocycles. The molecule has 0 aliphatic heterocycles. The monoisotopic (exact) mass is 333 g/mol. The van der Waals surface area contributed by atoms with Gasteiger partial charge in [-0.25, -0.2) is 8.42 Å². The van der Waals surface area contributed by atoms with E-state index in [1.165, 1.54) is 24.3 Å². The summed E-state index contributed by atoms with van der Waals surface area (Å²) < 4.78 is 28.1. The summed E-state index contributed by atoms with van der Waals surface area (Å²) >= 11 is 0. The number of benzene rings is 2. The Morgan fingerprint density at radius 1 is 1.13 bits per heavy atom. The molecular formula is C17H19NO4S. The molecule has 0 spiro atoms. The predicted octanol–water partition coefficient (Wildman–Crippen LogP) is 2.67. The number of carbonyl (C=O) groups excluding carboxylic acids is 1. The predicted molar refractivity (Wildman–Crippen MR) is 89.5 cm³/mol. The maximum atomic E-state index is 11.9. The molecular weight excluding hydrogens is 314 g/mol. The fourth-order valence-electron chi connectivity index (χ4n) is 2.00. The zero-order valence-electron chi connectivity index (χ0n) is 13.1. The molecule has 1 amide bonds. The smallest absolute Gasteiger partial charge is 0.262 e. The van der Waals surface area contributed by atoms with Gasteiger partial charge in [-0.05, 0) is 48.4 Å². The van der Waals surface area contributed by atoms with E-state index in [0.717, 1.165) is 23.9 Å². The number of hydrogen-bond donors (Lipinski definition) is 1. The van der Waals surface area contributed by atoms with Crippen LogP contribution in [0.4, 0.5) is 5.69 Å². The van der Waals surface area contributed by atoms with Crippen LogP contribution in [0.2, 0.25) is 0 Å². The van der Waals surface area contributed by atoms with Gasteiger partial charge in [-0.2, -0.15) is 0 Å². The van der Waals surface area contributed by atoms with E-state index in [9.17, 15) is 13.2 Å². The zero-order valence-corrected chi connectivity index (χ0v) is 13.9. The molecule has 122 valence electrons. The largest absolute Gasteiger partial charge is 0.484 e. The summed E-state index contributed by atoms with van der Waals surface area (Å²) in [5, 5.41) is 2.76. The summed E-state index contributed by atoms with van der Waals surface area (Å²) in [6, 6.07) is 13.6. The summed E-state index contributed by atoms with van der Waals surface area (Å²) in [6.07, 6.45) is 2.04. The maximum absolute atomic E-state index is 11.9. The van der Waals surface area contributed by atoms with Crippen LogP contribution in [0.5, 0.6) is 5.75 Å². The average Bonchev–Trinajstić information content (AvgIpc) is 2.52. The zero-order chi connectivity index (χ0) is 16.9. The van der Waals surface area contributed by atoms with Gasteiger partial charge in [-0.3, -0.25) is 4.79 Å². The molecule has 23 heavy (non-hydrogen) atoms. The quantitative estimate of drug-likeness (QED) is 0.882. The second-order valence-electron chi connectivity index (χ2n) is 5.13. The van der Waals surface area contributed by atoms with Crippen LogP contribution < -0.4 is 10.1 Å². The van der Waals surface area contributed by atoms with E-state index < -0.39 is 9.84 Å². The normalized spacial score (nSPS) is 11.0. The number of ether oxygens (including phenoxy) is 1. The first-order valence-electron chi connectivity index (χ1n) is 7.20. The summed E-state index contributed by atoms with van der Waals surface area (Å²) in [5.74, 6) is 0.167. The van der Waals surface area contributed by atoms with Gasteiger partial charge < -0.3 is 10.1 Å². The van der Waals surface area contributed by atoms with Gasteiger partial charge in [0.2, 0.25) is 0 Å². The fraction of sp³-hybridized carbons (Fsp3) is 0.235. The molecule has 0 fully saturated rings. The minimum atomic E-state index is -3.23. The van der Waals surface area contributed by atoms with Crippen LogP contribution in [0.1, 0.15) is 12.5 Å². The first-order valence-corrected chi connectivity index (χ1v) is 9.09. The molecule has 0 radical (unpaired) electrons. The highest BCUT2D eigenvalue weighted by atomic mass is 32.2. The van der Waals surface area contributed by atoms with Crippen LogP contribution in [0.25, 0.3) is 0 Å². The average molecular weight is 333 g/mol. The number of sulfone groups is 1. The van der Waals surface area contributed by atoms with E-state index in [4.69, 9.17) is 4.74 Å². The Hall–Kier alpha value is -2.34. The van der Waals surface area contributed by atoms with Gasteiger partial charge in [0.15, 0.2) is 16.4 Å². The molecule has 6 heteroatoms. The Kier molecular flexibility index (Phi) is 5.39. The van der Waals surface area contributed by atoms with Gasteiger partial charge in [-0.1, -0.05) is 19.1 Å². The minimum absolute atomic E-state index is 0.144. The lowest BCUT2D eigenvalue weighted by molar-refractivity contribution is -0.118. The van der Waals surface area contributed by atoms with Gasteiger partial charge in [0, 0.05) is 11.9 Å². The number of amides is 1. The topological polar surface area (TPSA) is 72.5 Å². The molecule has 0 bridgehead atoms. The van der Waals surface area contributed by atoms with Gasteiger partial charge in [0.05, 0.1) is 4.90 Å². The lowest BCUT2D eigenvalue weighted by Crippen LogP contribution is -2.20. The third kappa shape index (κ3) is 5.10. The van der Waals surface area contributed by atoms with E-state index in [-0.39, 0.29) is 17.4 Å². The molecule has 5 nitrogen and oxygen atoms in total. The van der Waals surface area contributed by atoms with Gasteiger partial charge in [0.25, 0.3) is 5.91 Å². The van der Waals surface area contributed by atoms with E-state index >= 15 is 0 Å². The second-order valence-corrected chi connectivity index (χ2v) is 7.15. The van der Waals surface area contributed by atoms with E-state index in [0.29, 0.717) is 5.75 Å². The van der Waals surface area contributed by atoms with Crippen molar-refractivity contribution in [3.05, 3.63) is 54.1 Å². The number of carbonyl (C=O) groups is 1. The van der Waals surface area contributed by atoms with Crippen molar-refractivity contribution in [2.24, 2.45) is 0 Å². The summed E-state index contributed by atoms with van der Waals surface area (Å²) in [7, 11) is -3.23. The Morgan fingerprint density at radius 3 is 2.43 bits per heavy atom. The van der Waals surface area contributed by atoms with Crippen LogP contribution >= 0.6 is 0 Å². The standard InChI is InChI=1S/C17H19NO4S/c1-3-13-5-4-6-14(11-13)18-17(19)12-22-15-7-9-16(10-8-15)23(2,20)21/h4-11H,3,12H2,1-2H3,(H,18,19). The molecule has 1 N–H and O–H groups in total. The summed E-state index contributed by atoms with van der Waals surface area (Å²) in [6.45, 7) is 1.90. The number of anilines is 1. The van der Waals surface area contributed by atoms with Crippen molar-refractivity contribution in [1.82, 2.24) is 0 Å². The Morgan fingerprint density at radius 2 is 1.83 bits per heavy atom. The Bertz CT molecular complexity index is 782. The second kappa shape index (κ2) is 7.28. The number of hydrogen-bond acceptors (Lipinski definition) is 4. The maximum Gasteiger partial charge on any atom is 0.262 e. The SMILES string of the molecule is CCc1cccc(NC(=O)COc2ccc(S(C)(=O)=O)cc2)c1. The minimum Gasteiger partial charge on any atom is -0.484 e. The first kappa shape index (κ1) is 17.0. The van der Waals surface area contributed by atoms with E-state index in [1.807, 2.05) is 31.2 Å². The highest BCUT2D eigenvalue weighted by Crippen LogP contribution is 2.16. The Labute approximate surface area is 136 Å². The van der Waals surface area contributed by atoms with E-state index in [2.05, 4.69) is 5.32 Å². The van der Waals surface area contributed by atoms with Crippen molar-refractivity contribution in [1.29, 1.82) is 0 Å². The lowest BCUT2D eigenvalue weighted by Gasteiger charge is -2.09. The molecule has 0 aliphatic rings. The van der Waals surface area contributed by atoms with Crippen molar-refractivity contribution < 1.29 is 17.9 Å². The van der Waals surface area contributed by atoms with Gasteiger partial charge in [-0.15, -0.1) is 0 Å². The molecule has 0 saturated heterocycles. The van der Waals surface area contributed by atoms with Crippen molar-refractivity contribution in [2.45, 2.75) is 18.2 Å². The first-order chi connectivity index (χ1) is 10.9. The summed E-state index contributed by atoms with van der Waals surface area (Å²) in [4.78, 5) is 12.1. The molecule has 0 unspecified atom stereocenters. The Balaban J connectivity index is 1.91. The molecule has 2 aromatic rings. The third-order valence-corrected chi connectivity index (χ3v) is 4.37. The highest BCUT2D eigenvalue weighted by Gasteiger charge is 2.08. The van der Waals surface area contributed by atoms with Crippen LogP contribution in [-0.2, 0) is 21.1 Å². The summed E-state index contributed by atoms with van der Waals surface area (Å²) in [5.41, 5.74) is 1.87. The fourth-order valence-corrected chi connectivity index (χ4v) is 2.63. The third-order valence-electron chi connectivity index (χ3n) is 3.24. The van der Waals surface area contributed by atoms with Gasteiger partial charge >= 0.3 is 0 Å². The highest BCUT2D eigenvalue weighted by molar-refractivity contribution is 7.90. The van der Waals surface area contributed by atoms with Crippen LogP contribution in [0.15, 0.2) is 53.4 Å². The van der Waals surface area contributed by atoms with Crippen LogP contribution in [0, 0.1) is 0 Å². The molecule has 0 saturated carbocycles. The van der Waals surface area contributed by atoms with Crippen molar-refractivity contribution in [3.8, 4) is 5.75 Å². The van der Waals surface area contributed by atoms with E-state index in [1.54, 1.807) is 0 Å². The molecule has 0 heterocycles. The van der Waals surface area contributed by atoms with Crippen LogP contribution in [-0.4, -0.2) is 27.2 Å². The number of aryl methyl sites for hydroxylation is 1. The number of rotatable bonds is 6. The van der Waals surface area contributed by atoms with Crippen LogP contribution in [0.3, 0.4) is 0 Å². The van der Waals surface area contributed by atoms with Crippen molar-refractivity contribution >= 4 is 21.4 Å². The molecule has 0 atom stereocenters.